The number of anilines is 1. The van der Waals surface area contributed by atoms with E-state index >= 15 is 0 Å². The largest absolute Gasteiger partial charge is 0.332 e. The number of thiocarbonyl (C=S) groups is 1. The number of carbonyl (C=O) groups is 1. The summed E-state index contributed by atoms with van der Waals surface area (Å²) in [5, 5.41) is 5.56. The Balaban J connectivity index is 1.95. The molecular formula is C21H25N3O3S2. The van der Waals surface area contributed by atoms with Crippen molar-refractivity contribution >= 4 is 45.0 Å². The highest BCUT2D eigenvalue weighted by molar-refractivity contribution is 7.89. The predicted octanol–water partition coefficient (Wildman–Crippen LogP) is 3.55. The van der Waals surface area contributed by atoms with Crippen LogP contribution in [0.4, 0.5) is 5.69 Å². The SMILES string of the molecule is CCN(CC)S(=O)(=O)c1ccc(NC(=S)NC(=O)C=Cc2ccc(C)cc2)cc1. The third kappa shape index (κ3) is 6.49. The number of amides is 1. The fourth-order valence-corrected chi connectivity index (χ4v) is 4.26. The molecule has 6 nitrogen and oxygen atoms in total. The van der Waals surface area contributed by atoms with Crippen LogP contribution in [0, 0.1) is 6.92 Å². The van der Waals surface area contributed by atoms with Crippen molar-refractivity contribution in [3.05, 3.63) is 65.7 Å². The Kier molecular flexibility index (Phi) is 8.07. The maximum absolute atomic E-state index is 12.5. The van der Waals surface area contributed by atoms with Gasteiger partial charge in [-0.15, -0.1) is 0 Å². The highest BCUT2D eigenvalue weighted by atomic mass is 32.2. The molecule has 2 aromatic rings. The Hall–Kier alpha value is -2.55. The first-order chi connectivity index (χ1) is 13.8. The number of sulfonamides is 1. The van der Waals surface area contributed by atoms with Crippen molar-refractivity contribution in [2.75, 3.05) is 18.4 Å². The molecular weight excluding hydrogens is 406 g/mol. The number of rotatable bonds is 7. The minimum atomic E-state index is -3.51. The molecule has 0 aliphatic rings. The van der Waals surface area contributed by atoms with E-state index in [2.05, 4.69) is 10.6 Å². The summed E-state index contributed by atoms with van der Waals surface area (Å²) in [4.78, 5) is 12.2. The summed E-state index contributed by atoms with van der Waals surface area (Å²) in [6, 6.07) is 14.0. The van der Waals surface area contributed by atoms with E-state index in [-0.39, 0.29) is 15.9 Å². The first-order valence-electron chi connectivity index (χ1n) is 9.23. The van der Waals surface area contributed by atoms with Gasteiger partial charge >= 0.3 is 0 Å². The zero-order valence-corrected chi connectivity index (χ0v) is 18.3. The maximum atomic E-state index is 12.5. The van der Waals surface area contributed by atoms with Crippen molar-refractivity contribution in [2.45, 2.75) is 25.7 Å². The second-order valence-corrected chi connectivity index (χ2v) is 8.65. The van der Waals surface area contributed by atoms with Gasteiger partial charge < -0.3 is 5.32 Å². The molecule has 154 valence electrons. The summed E-state index contributed by atoms with van der Waals surface area (Å²) < 4.78 is 26.4. The van der Waals surface area contributed by atoms with Gasteiger partial charge in [-0.25, -0.2) is 8.42 Å². The smallest absolute Gasteiger partial charge is 0.250 e. The first kappa shape index (κ1) is 22.7. The molecule has 0 unspecified atom stereocenters. The summed E-state index contributed by atoms with van der Waals surface area (Å²) in [6.45, 7) is 6.41. The number of aryl methyl sites for hydroxylation is 1. The molecule has 8 heteroatoms. The number of nitrogens with one attached hydrogen (secondary N) is 2. The van der Waals surface area contributed by atoms with Crippen LogP contribution in [-0.4, -0.2) is 36.8 Å². The van der Waals surface area contributed by atoms with Gasteiger partial charge in [0, 0.05) is 24.9 Å². The molecule has 0 saturated carbocycles. The lowest BCUT2D eigenvalue weighted by Gasteiger charge is -2.18. The molecule has 2 N–H and O–H groups in total. The van der Waals surface area contributed by atoms with Gasteiger partial charge in [-0.3, -0.25) is 10.1 Å². The molecule has 29 heavy (non-hydrogen) atoms. The molecule has 0 radical (unpaired) electrons. The summed E-state index contributed by atoms with van der Waals surface area (Å²) in [5.74, 6) is -0.358. The minimum Gasteiger partial charge on any atom is -0.332 e. The number of nitrogens with zero attached hydrogens (tertiary/aromatic N) is 1. The summed E-state index contributed by atoms with van der Waals surface area (Å²) in [6.07, 6.45) is 3.10. The molecule has 0 bridgehead atoms. The van der Waals surface area contributed by atoms with E-state index in [0.29, 0.717) is 18.8 Å². The maximum Gasteiger partial charge on any atom is 0.250 e. The Bertz CT molecular complexity index is 979. The lowest BCUT2D eigenvalue weighted by molar-refractivity contribution is -0.115. The first-order valence-corrected chi connectivity index (χ1v) is 11.1. The van der Waals surface area contributed by atoms with E-state index in [1.165, 1.54) is 22.5 Å². The van der Waals surface area contributed by atoms with Gasteiger partial charge in [0.1, 0.15) is 0 Å². The molecule has 0 fully saturated rings. The highest BCUT2D eigenvalue weighted by Gasteiger charge is 2.21. The van der Waals surface area contributed by atoms with Crippen LogP contribution in [-0.2, 0) is 14.8 Å². The standard InChI is InChI=1S/C21H25N3O3S2/c1-4-24(5-2)29(26,27)19-13-11-18(12-14-19)22-21(28)23-20(25)15-10-17-8-6-16(3)7-9-17/h6-15H,4-5H2,1-3H3,(H2,22,23,25,28). The molecule has 0 aliphatic carbocycles. The van der Waals surface area contributed by atoms with Crippen LogP contribution >= 0.6 is 12.2 Å². The van der Waals surface area contributed by atoms with E-state index in [4.69, 9.17) is 12.2 Å². The lowest BCUT2D eigenvalue weighted by Crippen LogP contribution is -2.33. The van der Waals surface area contributed by atoms with Crippen LogP contribution in [0.25, 0.3) is 6.08 Å². The van der Waals surface area contributed by atoms with Gasteiger partial charge in [-0.2, -0.15) is 4.31 Å². The molecule has 0 heterocycles. The average molecular weight is 432 g/mol. The van der Waals surface area contributed by atoms with Crippen LogP contribution in [0.2, 0.25) is 0 Å². The van der Waals surface area contributed by atoms with E-state index in [9.17, 15) is 13.2 Å². The monoisotopic (exact) mass is 431 g/mol. The zero-order valence-electron chi connectivity index (χ0n) is 16.7. The van der Waals surface area contributed by atoms with E-state index in [0.717, 1.165) is 11.1 Å². The second kappa shape index (κ2) is 10.3. The molecule has 2 aromatic carbocycles. The van der Waals surface area contributed by atoms with Gasteiger partial charge in [-0.1, -0.05) is 43.7 Å². The van der Waals surface area contributed by atoms with Gasteiger partial charge in [0.15, 0.2) is 5.11 Å². The molecule has 0 aliphatic heterocycles. The van der Waals surface area contributed by atoms with Crippen LogP contribution in [0.15, 0.2) is 59.5 Å². The number of hydrogen-bond acceptors (Lipinski definition) is 4. The molecule has 0 aromatic heterocycles. The van der Waals surface area contributed by atoms with Crippen LogP contribution < -0.4 is 10.6 Å². The van der Waals surface area contributed by atoms with Crippen LogP contribution in [0.5, 0.6) is 0 Å². The van der Waals surface area contributed by atoms with E-state index in [1.807, 2.05) is 31.2 Å². The van der Waals surface area contributed by atoms with Crippen molar-refractivity contribution in [2.24, 2.45) is 0 Å². The topological polar surface area (TPSA) is 78.5 Å². The third-order valence-electron chi connectivity index (χ3n) is 4.20. The van der Waals surface area contributed by atoms with Crippen molar-refractivity contribution < 1.29 is 13.2 Å². The van der Waals surface area contributed by atoms with Crippen molar-refractivity contribution in [1.82, 2.24) is 9.62 Å². The fourth-order valence-electron chi connectivity index (χ4n) is 2.59. The van der Waals surface area contributed by atoms with Crippen molar-refractivity contribution in [3.8, 4) is 0 Å². The molecule has 0 saturated heterocycles. The Morgan fingerprint density at radius 1 is 1.03 bits per heavy atom. The van der Waals surface area contributed by atoms with Gasteiger partial charge in [0.25, 0.3) is 0 Å². The quantitative estimate of drug-likeness (QED) is 0.518. The normalized spacial score (nSPS) is 11.6. The molecule has 0 spiro atoms. The Morgan fingerprint density at radius 3 is 2.17 bits per heavy atom. The molecule has 2 rings (SSSR count). The van der Waals surface area contributed by atoms with E-state index in [1.54, 1.807) is 32.1 Å². The van der Waals surface area contributed by atoms with Crippen LogP contribution in [0.1, 0.15) is 25.0 Å². The Labute approximate surface area is 177 Å². The number of hydrogen-bond donors (Lipinski definition) is 2. The molecule has 0 atom stereocenters. The fraction of sp³-hybridized carbons (Fsp3) is 0.238. The summed E-state index contributed by atoms with van der Waals surface area (Å²) >= 11 is 5.14. The molecule has 1 amide bonds. The summed E-state index contributed by atoms with van der Waals surface area (Å²) in [5.41, 5.74) is 2.64. The minimum absolute atomic E-state index is 0.128. The van der Waals surface area contributed by atoms with Gasteiger partial charge in [-0.05, 0) is 55.0 Å². The van der Waals surface area contributed by atoms with Crippen LogP contribution in [0.3, 0.4) is 0 Å². The summed E-state index contributed by atoms with van der Waals surface area (Å²) in [7, 11) is -3.51. The number of benzene rings is 2. The van der Waals surface area contributed by atoms with Crippen molar-refractivity contribution in [3.63, 3.8) is 0 Å². The predicted molar refractivity (Wildman–Crippen MR) is 121 cm³/mol. The van der Waals surface area contributed by atoms with Gasteiger partial charge in [0.05, 0.1) is 4.90 Å². The van der Waals surface area contributed by atoms with E-state index < -0.39 is 10.0 Å². The number of carbonyl (C=O) groups excluding carboxylic acids is 1. The Morgan fingerprint density at radius 2 is 1.62 bits per heavy atom. The average Bonchev–Trinajstić information content (AvgIpc) is 2.68. The van der Waals surface area contributed by atoms with Crippen molar-refractivity contribution in [1.29, 1.82) is 0 Å². The lowest BCUT2D eigenvalue weighted by atomic mass is 10.1. The highest BCUT2D eigenvalue weighted by Crippen LogP contribution is 2.18. The zero-order chi connectivity index (χ0) is 21.4. The third-order valence-corrected chi connectivity index (χ3v) is 6.46. The second-order valence-electron chi connectivity index (χ2n) is 6.30. The van der Waals surface area contributed by atoms with Gasteiger partial charge in [0.2, 0.25) is 15.9 Å².